The number of carbonyl (C=O) groups is 1. The van der Waals surface area contributed by atoms with Gasteiger partial charge in [0.25, 0.3) is 0 Å². The third-order valence-electron chi connectivity index (χ3n) is 3.41. The average molecular weight is 227 g/mol. The second-order valence-electron chi connectivity index (χ2n) is 4.72. The van der Waals surface area contributed by atoms with Crippen molar-refractivity contribution in [3.8, 4) is 0 Å². The average Bonchev–Trinajstić information content (AvgIpc) is 2.28. The minimum atomic E-state index is -0.354. The second-order valence-corrected chi connectivity index (χ2v) is 4.72. The predicted molar refractivity (Wildman–Crippen MR) is 58.4 cm³/mol. The van der Waals surface area contributed by atoms with Crippen LogP contribution in [-0.2, 0) is 4.79 Å². The molecule has 1 aliphatic carbocycles. The van der Waals surface area contributed by atoms with Crippen LogP contribution in [0.15, 0.2) is 11.9 Å². The van der Waals surface area contributed by atoms with Crippen molar-refractivity contribution in [2.45, 2.75) is 38.2 Å². The summed E-state index contributed by atoms with van der Waals surface area (Å²) in [5.41, 5.74) is 0. The van der Waals surface area contributed by atoms with Crippen molar-refractivity contribution in [3.05, 3.63) is 11.9 Å². The molecule has 2 atom stereocenters. The number of rotatable bonds is 1. The second kappa shape index (κ2) is 4.95. The molecule has 2 unspecified atom stereocenters. The Morgan fingerprint density at radius 2 is 2.31 bits per heavy atom. The molecule has 1 aliphatic heterocycles. The monoisotopic (exact) mass is 227 g/mol. The van der Waals surface area contributed by atoms with Crippen molar-refractivity contribution < 1.29 is 14.3 Å². The minimum absolute atomic E-state index is 0.0157. The van der Waals surface area contributed by atoms with Crippen LogP contribution in [0.5, 0.6) is 0 Å². The number of nitrogens with zero attached hydrogens (tertiary/aromatic N) is 1. The van der Waals surface area contributed by atoms with E-state index in [0.29, 0.717) is 19.4 Å². The predicted octanol–water partition coefficient (Wildman–Crippen LogP) is 1.62. The lowest BCUT2D eigenvalue weighted by atomic mass is 9.86. The molecule has 2 aliphatic rings. The van der Waals surface area contributed by atoms with Gasteiger partial charge in [-0.15, -0.1) is 0 Å². The lowest BCUT2D eigenvalue weighted by molar-refractivity contribution is -0.137. The Bertz CT molecular complexity index is 303. The number of amides is 1. The van der Waals surface area contributed by atoms with Crippen molar-refractivity contribution >= 4 is 5.91 Å². The quantitative estimate of drug-likeness (QED) is 0.739. The van der Waals surface area contributed by atoms with Crippen LogP contribution < -0.4 is 0 Å². The largest absolute Gasteiger partial charge is 0.393 e. The number of aliphatic hydroxyl groups is 1. The first-order valence-electron chi connectivity index (χ1n) is 5.98. The molecular weight excluding hydrogens is 209 g/mol. The van der Waals surface area contributed by atoms with Gasteiger partial charge in [0, 0.05) is 12.5 Å². The molecule has 0 aromatic carbocycles. The van der Waals surface area contributed by atoms with Crippen molar-refractivity contribution in [2.75, 3.05) is 13.1 Å². The molecule has 1 amide bonds. The zero-order chi connectivity index (χ0) is 11.5. The number of hydrogen-bond donors (Lipinski definition) is 1. The Kier molecular flexibility index (Phi) is 3.59. The number of carbonyl (C=O) groups excluding carboxylic acids is 1. The van der Waals surface area contributed by atoms with Crippen LogP contribution in [0.2, 0.25) is 0 Å². The topological polar surface area (TPSA) is 40.5 Å². The Balaban J connectivity index is 1.94. The summed E-state index contributed by atoms with van der Waals surface area (Å²) in [7, 11) is 0. The van der Waals surface area contributed by atoms with E-state index < -0.39 is 0 Å². The lowest BCUT2D eigenvalue weighted by Crippen LogP contribution is -2.41. The van der Waals surface area contributed by atoms with Crippen LogP contribution in [-0.4, -0.2) is 35.1 Å². The molecule has 4 heteroatoms. The number of halogens is 1. The summed E-state index contributed by atoms with van der Waals surface area (Å²) in [6, 6.07) is 0. The Labute approximate surface area is 94.9 Å². The van der Waals surface area contributed by atoms with Gasteiger partial charge in [0.15, 0.2) is 0 Å². The van der Waals surface area contributed by atoms with Crippen LogP contribution in [0.25, 0.3) is 0 Å². The summed E-state index contributed by atoms with van der Waals surface area (Å²) in [4.78, 5) is 13.6. The summed E-state index contributed by atoms with van der Waals surface area (Å²) < 4.78 is 13.1. The summed E-state index contributed by atoms with van der Waals surface area (Å²) in [5.74, 6) is -0.299. The first kappa shape index (κ1) is 11.6. The molecule has 1 N–H and O–H groups in total. The van der Waals surface area contributed by atoms with Crippen LogP contribution in [0.3, 0.4) is 0 Å². The minimum Gasteiger partial charge on any atom is -0.393 e. The third kappa shape index (κ3) is 2.61. The van der Waals surface area contributed by atoms with Gasteiger partial charge in [-0.25, -0.2) is 4.39 Å². The van der Waals surface area contributed by atoms with Gasteiger partial charge in [0.05, 0.1) is 12.6 Å². The maximum absolute atomic E-state index is 13.1. The molecule has 0 saturated heterocycles. The zero-order valence-electron chi connectivity index (χ0n) is 9.36. The Morgan fingerprint density at radius 1 is 1.50 bits per heavy atom. The fourth-order valence-corrected chi connectivity index (χ4v) is 2.54. The highest BCUT2D eigenvalue weighted by Crippen LogP contribution is 2.27. The van der Waals surface area contributed by atoms with E-state index in [1.807, 2.05) is 0 Å². The van der Waals surface area contributed by atoms with Crippen LogP contribution >= 0.6 is 0 Å². The Morgan fingerprint density at radius 3 is 3.00 bits per heavy atom. The van der Waals surface area contributed by atoms with Gasteiger partial charge >= 0.3 is 0 Å². The van der Waals surface area contributed by atoms with E-state index in [1.165, 1.54) is 0 Å². The smallest absolute Gasteiger partial charge is 0.226 e. The van der Waals surface area contributed by atoms with Crippen molar-refractivity contribution in [3.63, 3.8) is 0 Å². The first-order valence-corrected chi connectivity index (χ1v) is 5.98. The van der Waals surface area contributed by atoms with E-state index >= 15 is 0 Å². The standard InChI is InChI=1S/C12H18FNO2/c13-10-4-2-6-14(8-10)12(16)9-3-1-5-11(15)7-9/h4,9,11,15H,1-3,5-8H2. The molecule has 1 fully saturated rings. The molecule has 0 radical (unpaired) electrons. The molecule has 2 rings (SSSR count). The molecule has 3 nitrogen and oxygen atoms in total. The van der Waals surface area contributed by atoms with Gasteiger partial charge in [-0.05, 0) is 31.8 Å². The highest BCUT2D eigenvalue weighted by Gasteiger charge is 2.30. The van der Waals surface area contributed by atoms with E-state index in [-0.39, 0.29) is 30.3 Å². The van der Waals surface area contributed by atoms with Gasteiger partial charge in [0.1, 0.15) is 5.83 Å². The maximum atomic E-state index is 13.1. The summed E-state index contributed by atoms with van der Waals surface area (Å²) in [6.07, 6.45) is 4.85. The normalized spacial score (nSPS) is 31.1. The summed E-state index contributed by atoms with van der Waals surface area (Å²) in [6.45, 7) is 0.726. The van der Waals surface area contributed by atoms with Gasteiger partial charge in [-0.2, -0.15) is 0 Å². The van der Waals surface area contributed by atoms with Gasteiger partial charge in [-0.3, -0.25) is 4.79 Å². The van der Waals surface area contributed by atoms with E-state index in [2.05, 4.69) is 0 Å². The summed E-state index contributed by atoms with van der Waals surface area (Å²) in [5, 5.41) is 9.52. The molecule has 0 aromatic rings. The van der Waals surface area contributed by atoms with E-state index in [1.54, 1.807) is 11.0 Å². The first-order chi connectivity index (χ1) is 7.66. The molecule has 1 saturated carbocycles. The molecule has 0 aromatic heterocycles. The molecule has 0 spiro atoms. The molecule has 0 bridgehead atoms. The van der Waals surface area contributed by atoms with E-state index in [4.69, 9.17) is 0 Å². The summed E-state index contributed by atoms with van der Waals surface area (Å²) >= 11 is 0. The highest BCUT2D eigenvalue weighted by molar-refractivity contribution is 5.79. The van der Waals surface area contributed by atoms with E-state index in [9.17, 15) is 14.3 Å². The van der Waals surface area contributed by atoms with Gasteiger partial charge in [-0.1, -0.05) is 6.42 Å². The molecule has 16 heavy (non-hydrogen) atoms. The van der Waals surface area contributed by atoms with Crippen LogP contribution in [0.4, 0.5) is 4.39 Å². The number of aliphatic hydroxyl groups excluding tert-OH is 1. The van der Waals surface area contributed by atoms with Crippen molar-refractivity contribution in [1.82, 2.24) is 4.90 Å². The molecule has 1 heterocycles. The maximum Gasteiger partial charge on any atom is 0.226 e. The lowest BCUT2D eigenvalue weighted by Gasteiger charge is -2.32. The van der Waals surface area contributed by atoms with Gasteiger partial charge < -0.3 is 10.0 Å². The van der Waals surface area contributed by atoms with E-state index in [0.717, 1.165) is 19.3 Å². The molecular formula is C12H18FNO2. The SMILES string of the molecule is O=C(C1CCCC(O)C1)N1CCC=C(F)C1. The fraction of sp³-hybridized carbons (Fsp3) is 0.750. The number of hydrogen-bond acceptors (Lipinski definition) is 2. The molecule has 90 valence electrons. The van der Waals surface area contributed by atoms with Crippen molar-refractivity contribution in [1.29, 1.82) is 0 Å². The zero-order valence-corrected chi connectivity index (χ0v) is 9.36. The fourth-order valence-electron chi connectivity index (χ4n) is 2.54. The Hall–Kier alpha value is -0.900. The van der Waals surface area contributed by atoms with Crippen LogP contribution in [0, 0.1) is 5.92 Å². The van der Waals surface area contributed by atoms with Crippen LogP contribution in [0.1, 0.15) is 32.1 Å². The van der Waals surface area contributed by atoms with Gasteiger partial charge in [0.2, 0.25) is 5.91 Å². The van der Waals surface area contributed by atoms with Crippen molar-refractivity contribution in [2.24, 2.45) is 5.92 Å². The highest BCUT2D eigenvalue weighted by atomic mass is 19.1. The third-order valence-corrected chi connectivity index (χ3v) is 3.41.